The van der Waals surface area contributed by atoms with Gasteiger partial charge in [-0.3, -0.25) is 29.7 Å². The molecule has 6 heterocycles. The van der Waals surface area contributed by atoms with Crippen LogP contribution >= 0.6 is 0 Å². The summed E-state index contributed by atoms with van der Waals surface area (Å²) in [5, 5.41) is 14.8. The minimum Gasteiger partial charge on any atom is -0.488 e. The normalized spacial score (nSPS) is 23.1. The first kappa shape index (κ1) is 36.6. The Morgan fingerprint density at radius 2 is 1.86 bits per heavy atom. The molecule has 4 fully saturated rings. The highest BCUT2D eigenvalue weighted by Crippen LogP contribution is 2.41. The molecule has 9 rings (SSSR count). The maximum absolute atomic E-state index is 13.2. The number of fused-ring (bicyclic) bond motifs is 2. The summed E-state index contributed by atoms with van der Waals surface area (Å²) in [6, 6.07) is 13.8. The van der Waals surface area contributed by atoms with Gasteiger partial charge in [-0.15, -0.1) is 0 Å². The third-order valence-corrected chi connectivity index (χ3v) is 12.6. The first-order valence-electron chi connectivity index (χ1n) is 20.4. The van der Waals surface area contributed by atoms with Gasteiger partial charge in [0.1, 0.15) is 35.2 Å². The van der Waals surface area contributed by atoms with Crippen LogP contribution in [0.25, 0.3) is 22.3 Å². The van der Waals surface area contributed by atoms with Gasteiger partial charge in [-0.25, -0.2) is 9.97 Å². The lowest BCUT2D eigenvalue weighted by Gasteiger charge is -2.43. The molecule has 2 atom stereocenters. The first-order valence-corrected chi connectivity index (χ1v) is 20.4. The van der Waals surface area contributed by atoms with E-state index in [-0.39, 0.29) is 29.7 Å². The zero-order valence-electron chi connectivity index (χ0n) is 32.4. The minimum atomic E-state index is -0.602. The number of rotatable bonds is 12. The maximum atomic E-state index is 13.2. The number of piperazine rings is 1. The third kappa shape index (κ3) is 7.56. The molecule has 14 heteroatoms. The minimum absolute atomic E-state index is 0.0423. The Kier molecular flexibility index (Phi) is 9.86. The quantitative estimate of drug-likeness (QED) is 0.139. The smallest absolute Gasteiger partial charge is 0.255 e. The first-order chi connectivity index (χ1) is 27.2. The SMILES string of the molecule is C[C@H]1CN(c2cc(-c3n[nH]c4ccc(OC5(C)CC5)cc34)ncn2)CCN1CC1CCN(CCCNc2cccc3c2CN(C2CCC(=O)NC2=O)C3=O)CC1. The molecule has 1 unspecified atom stereocenters. The van der Waals surface area contributed by atoms with Crippen molar-refractivity contribution in [3.8, 4) is 17.1 Å². The fraction of sp³-hybridized carbons (Fsp3) is 0.524. The molecule has 0 spiro atoms. The van der Waals surface area contributed by atoms with Crippen LogP contribution in [0.3, 0.4) is 0 Å². The Morgan fingerprint density at radius 3 is 2.66 bits per heavy atom. The molecule has 3 N–H and O–H groups in total. The molecule has 2 aromatic heterocycles. The highest BCUT2D eigenvalue weighted by atomic mass is 16.5. The van der Waals surface area contributed by atoms with Crippen LogP contribution in [0.4, 0.5) is 11.5 Å². The standard InChI is InChI=1S/C42H52N10O4/c1-27-23-51(37-22-35(44-26-45-37)39-31-21-29(56-42(2)13-14-42)7-8-34(31)47-48-39)20-19-50(27)24-28-11-17-49(18-12-28)16-4-15-43-33-6-3-5-30-32(33)25-52(41(30)55)36-9-10-38(53)46-40(36)54/h3,5-8,21-22,26-28,36,43H,4,9-20,23-25H2,1-2H3,(H,47,48)(H,46,53,54)/t27-,36?/m0/s1. The number of carbonyl (C=O) groups excluding carboxylic acids is 3. The van der Waals surface area contributed by atoms with Crippen molar-refractivity contribution in [3.05, 3.63) is 59.9 Å². The number of nitrogens with zero attached hydrogens (tertiary/aromatic N) is 7. The van der Waals surface area contributed by atoms with Gasteiger partial charge in [0.05, 0.1) is 11.2 Å². The zero-order valence-corrected chi connectivity index (χ0v) is 32.4. The van der Waals surface area contributed by atoms with Gasteiger partial charge in [-0.2, -0.15) is 5.10 Å². The Labute approximate surface area is 327 Å². The molecule has 294 valence electrons. The highest BCUT2D eigenvalue weighted by Gasteiger charge is 2.41. The van der Waals surface area contributed by atoms with Crippen molar-refractivity contribution in [2.24, 2.45) is 5.92 Å². The Balaban J connectivity index is 0.721. The summed E-state index contributed by atoms with van der Waals surface area (Å²) in [6.45, 7) is 13.0. The number of nitrogens with one attached hydrogen (secondary N) is 3. The van der Waals surface area contributed by atoms with Gasteiger partial charge in [-0.1, -0.05) is 6.07 Å². The van der Waals surface area contributed by atoms with Crippen LogP contribution in [0.15, 0.2) is 48.8 Å². The zero-order chi connectivity index (χ0) is 38.4. The summed E-state index contributed by atoms with van der Waals surface area (Å²) in [6.07, 6.45) is 7.89. The number of H-pyrrole nitrogens is 1. The second kappa shape index (κ2) is 15.1. The fourth-order valence-electron chi connectivity index (χ4n) is 8.94. The van der Waals surface area contributed by atoms with E-state index in [1.54, 1.807) is 11.2 Å². The van der Waals surface area contributed by atoms with E-state index in [4.69, 9.17) is 4.74 Å². The average Bonchev–Trinajstić information content (AvgIpc) is 3.61. The number of likely N-dealkylation sites (tertiary alicyclic amines) is 1. The van der Waals surface area contributed by atoms with E-state index < -0.39 is 6.04 Å². The molecule has 14 nitrogen and oxygen atoms in total. The van der Waals surface area contributed by atoms with E-state index in [2.05, 4.69) is 71.5 Å². The van der Waals surface area contributed by atoms with Gasteiger partial charge < -0.3 is 24.8 Å². The van der Waals surface area contributed by atoms with Crippen LogP contribution in [0.1, 0.15) is 74.7 Å². The number of piperidine rings is 2. The van der Waals surface area contributed by atoms with Crippen molar-refractivity contribution in [1.82, 2.24) is 40.2 Å². The highest BCUT2D eigenvalue weighted by molar-refractivity contribution is 6.06. The van der Waals surface area contributed by atoms with E-state index in [0.29, 0.717) is 30.5 Å². The number of aromatic nitrogens is 4. The number of benzene rings is 2. The summed E-state index contributed by atoms with van der Waals surface area (Å²) in [5.74, 6) is 1.72. The Bertz CT molecular complexity index is 2130. The Hall–Kier alpha value is -5.08. The molecule has 0 bridgehead atoms. The monoisotopic (exact) mass is 760 g/mol. The van der Waals surface area contributed by atoms with Gasteiger partial charge in [0, 0.05) is 80.0 Å². The second-order valence-corrected chi connectivity index (χ2v) is 16.7. The summed E-state index contributed by atoms with van der Waals surface area (Å²) in [4.78, 5) is 55.8. The molecule has 3 saturated heterocycles. The molecule has 56 heavy (non-hydrogen) atoms. The van der Waals surface area contributed by atoms with Crippen LogP contribution in [0.5, 0.6) is 5.75 Å². The second-order valence-electron chi connectivity index (χ2n) is 16.7. The van der Waals surface area contributed by atoms with Gasteiger partial charge in [0.25, 0.3) is 5.91 Å². The van der Waals surface area contributed by atoms with E-state index in [0.717, 1.165) is 117 Å². The van der Waals surface area contributed by atoms with Crippen LogP contribution < -0.4 is 20.3 Å². The lowest BCUT2D eigenvalue weighted by atomic mass is 9.95. The number of imide groups is 1. The molecule has 4 aliphatic heterocycles. The molecular weight excluding hydrogens is 709 g/mol. The number of ether oxygens (including phenoxy) is 1. The number of amides is 3. The van der Waals surface area contributed by atoms with E-state index in [1.165, 1.54) is 12.8 Å². The molecule has 3 amide bonds. The largest absolute Gasteiger partial charge is 0.488 e. The van der Waals surface area contributed by atoms with Crippen LogP contribution in [0.2, 0.25) is 0 Å². The predicted molar refractivity (Wildman–Crippen MR) is 213 cm³/mol. The van der Waals surface area contributed by atoms with Gasteiger partial charge in [0.15, 0.2) is 0 Å². The van der Waals surface area contributed by atoms with Crippen molar-refractivity contribution >= 4 is 40.1 Å². The molecule has 4 aromatic rings. The number of carbonyl (C=O) groups is 3. The van der Waals surface area contributed by atoms with Crippen LogP contribution in [-0.4, -0.2) is 123 Å². The van der Waals surface area contributed by atoms with E-state index in [1.807, 2.05) is 30.3 Å². The number of hydrogen-bond donors (Lipinski definition) is 3. The maximum Gasteiger partial charge on any atom is 0.255 e. The number of anilines is 2. The van der Waals surface area contributed by atoms with Crippen LogP contribution in [0, 0.1) is 5.92 Å². The van der Waals surface area contributed by atoms with E-state index in [9.17, 15) is 14.4 Å². The predicted octanol–water partition coefficient (Wildman–Crippen LogP) is 4.44. The lowest BCUT2D eigenvalue weighted by Crippen LogP contribution is -2.54. The van der Waals surface area contributed by atoms with Crippen molar-refractivity contribution in [1.29, 1.82) is 0 Å². The molecule has 1 aliphatic carbocycles. The van der Waals surface area contributed by atoms with Gasteiger partial charge in [0.2, 0.25) is 11.8 Å². The molecule has 2 aromatic carbocycles. The summed E-state index contributed by atoms with van der Waals surface area (Å²) >= 11 is 0. The van der Waals surface area contributed by atoms with Crippen molar-refractivity contribution in [3.63, 3.8) is 0 Å². The van der Waals surface area contributed by atoms with Crippen LogP contribution in [-0.2, 0) is 16.1 Å². The van der Waals surface area contributed by atoms with E-state index >= 15 is 0 Å². The molecule has 5 aliphatic rings. The molecule has 1 saturated carbocycles. The third-order valence-electron chi connectivity index (χ3n) is 12.6. The molecular formula is C42H52N10O4. The number of aromatic amines is 1. The van der Waals surface area contributed by atoms with Gasteiger partial charge in [-0.05, 0) is 108 Å². The number of hydrogen-bond acceptors (Lipinski definition) is 11. The van der Waals surface area contributed by atoms with Crippen molar-refractivity contribution in [2.45, 2.75) is 83.0 Å². The summed E-state index contributed by atoms with van der Waals surface area (Å²) < 4.78 is 6.23. The summed E-state index contributed by atoms with van der Waals surface area (Å²) in [7, 11) is 0. The van der Waals surface area contributed by atoms with Crippen molar-refractivity contribution in [2.75, 3.05) is 62.6 Å². The molecule has 0 radical (unpaired) electrons. The summed E-state index contributed by atoms with van der Waals surface area (Å²) in [5.41, 5.74) is 5.08. The van der Waals surface area contributed by atoms with Crippen molar-refractivity contribution < 1.29 is 19.1 Å². The lowest BCUT2D eigenvalue weighted by molar-refractivity contribution is -0.136. The Morgan fingerprint density at radius 1 is 1.00 bits per heavy atom. The topological polar surface area (TPSA) is 152 Å². The average molecular weight is 761 g/mol. The fourth-order valence-corrected chi connectivity index (χ4v) is 8.94. The van der Waals surface area contributed by atoms with Gasteiger partial charge >= 0.3 is 0 Å².